The fraction of sp³-hybridized carbons (Fsp3) is 0.833. The van der Waals surface area contributed by atoms with E-state index < -0.39 is 25.6 Å². The normalized spacial score (nSPS) is 15.0. The molecule has 1 unspecified atom stereocenters. The lowest BCUT2D eigenvalue weighted by Crippen LogP contribution is -2.29. The van der Waals surface area contributed by atoms with Crippen molar-refractivity contribution in [1.29, 1.82) is 0 Å². The Morgan fingerprint density at radius 2 is 1.73 bits per heavy atom. The van der Waals surface area contributed by atoms with Gasteiger partial charge in [0.25, 0.3) is 0 Å². The molecule has 0 bridgehead atoms. The fourth-order valence-corrected chi connectivity index (χ4v) is 2.03. The molecule has 0 aromatic rings. The second-order valence-electron chi connectivity index (χ2n) is 2.56. The van der Waals surface area contributed by atoms with Gasteiger partial charge in [0, 0.05) is 0 Å². The van der Waals surface area contributed by atoms with Gasteiger partial charge in [0.05, 0.1) is 5.25 Å². The number of hydrogen-bond donors (Lipinski definition) is 0. The van der Waals surface area contributed by atoms with Crippen LogP contribution in [-0.2, 0) is 14.6 Å². The van der Waals surface area contributed by atoms with Crippen molar-refractivity contribution in [2.24, 2.45) is 0 Å². The molecular weight excluding hydrogens is 188 g/mol. The molecule has 0 aliphatic carbocycles. The molecule has 0 N–H and O–H groups in total. The number of halogens is 1. The van der Waals surface area contributed by atoms with Crippen LogP contribution in [-0.4, -0.2) is 24.2 Å². The van der Waals surface area contributed by atoms with E-state index in [0.29, 0.717) is 0 Å². The molecule has 1 atom stereocenters. The zero-order valence-electron chi connectivity index (χ0n) is 6.67. The molecule has 0 saturated carbocycles. The Morgan fingerprint density at radius 1 is 1.36 bits per heavy atom. The smallest absolute Gasteiger partial charge is 0.193 e. The molecule has 5 heteroatoms. The van der Waals surface area contributed by atoms with Gasteiger partial charge in [0.15, 0.2) is 20.3 Å². The highest BCUT2D eigenvalue weighted by Crippen LogP contribution is 2.13. The summed E-state index contributed by atoms with van der Waals surface area (Å²) < 4.78 is 20.9. The van der Waals surface area contributed by atoms with E-state index in [1.54, 1.807) is 0 Å². The molecule has 0 saturated heterocycles. The largest absolute Gasteiger partial charge is 0.297 e. The van der Waals surface area contributed by atoms with Crippen molar-refractivity contribution in [3.63, 3.8) is 0 Å². The number of carbonyl (C=O) groups is 1. The van der Waals surface area contributed by atoms with Crippen molar-refractivity contribution < 1.29 is 13.2 Å². The van der Waals surface area contributed by atoms with Crippen LogP contribution in [0, 0.1) is 0 Å². The van der Waals surface area contributed by atoms with Gasteiger partial charge in [-0.05, 0) is 20.8 Å². The molecule has 0 aromatic carbocycles. The van der Waals surface area contributed by atoms with Gasteiger partial charge in [-0.3, -0.25) is 4.79 Å². The molecule has 0 aliphatic rings. The molecule has 0 aliphatic heterocycles. The Bertz CT molecular complexity index is 243. The van der Waals surface area contributed by atoms with Crippen LogP contribution in [0.4, 0.5) is 0 Å². The topological polar surface area (TPSA) is 51.2 Å². The predicted octanol–water partition coefficient (Wildman–Crippen LogP) is 0.964. The second-order valence-corrected chi connectivity index (χ2v) is 5.85. The molecule has 0 spiro atoms. The number of carbonyl (C=O) groups excluding carboxylic acids is 1. The monoisotopic (exact) mass is 198 g/mol. The molecular formula is C6H11ClO3S. The summed E-state index contributed by atoms with van der Waals surface area (Å²) >= 11 is 5.36. The zero-order chi connectivity index (χ0) is 9.23. The van der Waals surface area contributed by atoms with Crippen molar-refractivity contribution >= 4 is 27.2 Å². The first kappa shape index (κ1) is 10.9. The van der Waals surface area contributed by atoms with Crippen molar-refractivity contribution in [2.75, 3.05) is 0 Å². The summed E-state index contributed by atoms with van der Waals surface area (Å²) in [7, 11) is -3.46. The maximum Gasteiger partial charge on any atom is 0.193 e. The van der Waals surface area contributed by atoms with Crippen molar-refractivity contribution in [1.82, 2.24) is 0 Å². The van der Waals surface area contributed by atoms with Crippen LogP contribution >= 0.6 is 11.6 Å². The third kappa shape index (κ3) is 2.45. The molecule has 3 nitrogen and oxygen atoms in total. The summed E-state index contributed by atoms with van der Waals surface area (Å²) in [4.78, 5) is 10.6. The zero-order valence-corrected chi connectivity index (χ0v) is 8.24. The van der Waals surface area contributed by atoms with Crippen molar-refractivity contribution in [2.45, 2.75) is 30.7 Å². The van der Waals surface area contributed by atoms with E-state index in [4.69, 9.17) is 11.6 Å². The SMILES string of the molecule is CC(=O)C(Cl)S(=O)(=O)C(C)C. The number of rotatable bonds is 3. The maximum atomic E-state index is 11.1. The predicted molar refractivity (Wildman–Crippen MR) is 44.4 cm³/mol. The summed E-state index contributed by atoms with van der Waals surface area (Å²) in [6, 6.07) is 0. The van der Waals surface area contributed by atoms with Gasteiger partial charge in [-0.2, -0.15) is 0 Å². The van der Waals surface area contributed by atoms with E-state index in [-0.39, 0.29) is 0 Å². The average Bonchev–Trinajstić information content (AvgIpc) is 1.85. The van der Waals surface area contributed by atoms with E-state index in [2.05, 4.69) is 0 Å². The third-order valence-electron chi connectivity index (χ3n) is 1.27. The highest BCUT2D eigenvalue weighted by molar-refractivity contribution is 7.94. The van der Waals surface area contributed by atoms with Gasteiger partial charge in [-0.25, -0.2) is 8.42 Å². The molecule has 11 heavy (non-hydrogen) atoms. The highest BCUT2D eigenvalue weighted by Gasteiger charge is 2.29. The Balaban J connectivity index is 4.72. The first-order valence-corrected chi connectivity index (χ1v) is 5.22. The fourth-order valence-electron chi connectivity index (χ4n) is 0.470. The third-order valence-corrected chi connectivity index (χ3v) is 4.54. The molecule has 0 rings (SSSR count). The van der Waals surface area contributed by atoms with E-state index in [1.807, 2.05) is 0 Å². The van der Waals surface area contributed by atoms with Gasteiger partial charge in [-0.1, -0.05) is 11.6 Å². The molecule has 0 fully saturated rings. The Labute approximate surface area is 71.7 Å². The lowest BCUT2D eigenvalue weighted by molar-refractivity contribution is -0.115. The average molecular weight is 199 g/mol. The Morgan fingerprint density at radius 3 is 1.82 bits per heavy atom. The van der Waals surface area contributed by atoms with Gasteiger partial charge < -0.3 is 0 Å². The quantitative estimate of drug-likeness (QED) is 0.635. The number of sulfone groups is 1. The number of ketones is 1. The van der Waals surface area contributed by atoms with Crippen LogP contribution < -0.4 is 0 Å². The van der Waals surface area contributed by atoms with Crippen LogP contribution in [0.1, 0.15) is 20.8 Å². The highest BCUT2D eigenvalue weighted by atomic mass is 35.5. The van der Waals surface area contributed by atoms with Gasteiger partial charge in [-0.15, -0.1) is 0 Å². The Kier molecular flexibility index (Phi) is 3.51. The molecule has 0 amide bonds. The summed E-state index contributed by atoms with van der Waals surface area (Å²) in [6.07, 6.45) is 0. The number of Topliss-reactive ketones (excluding diaryl/α,β-unsaturated/α-hetero) is 1. The lowest BCUT2D eigenvalue weighted by atomic mass is 10.5. The minimum Gasteiger partial charge on any atom is -0.297 e. The van der Waals surface area contributed by atoms with Gasteiger partial charge in [0.2, 0.25) is 0 Å². The summed E-state index contributed by atoms with van der Waals surface area (Å²) in [5.74, 6) is -0.527. The minimum atomic E-state index is -3.46. The lowest BCUT2D eigenvalue weighted by Gasteiger charge is -2.10. The number of alkyl halides is 1. The summed E-state index contributed by atoms with van der Waals surface area (Å²) in [5, 5.41) is -0.603. The first-order valence-electron chi connectivity index (χ1n) is 3.17. The van der Waals surface area contributed by atoms with E-state index in [9.17, 15) is 13.2 Å². The Hall–Kier alpha value is -0.0900. The van der Waals surface area contributed by atoms with Crippen LogP contribution in [0.3, 0.4) is 0 Å². The van der Waals surface area contributed by atoms with Crippen LogP contribution in [0.15, 0.2) is 0 Å². The van der Waals surface area contributed by atoms with E-state index in [1.165, 1.54) is 13.8 Å². The van der Waals surface area contributed by atoms with E-state index >= 15 is 0 Å². The van der Waals surface area contributed by atoms with Crippen LogP contribution in [0.2, 0.25) is 0 Å². The molecule has 0 aromatic heterocycles. The standard InChI is InChI=1S/C6H11ClO3S/c1-4(2)11(9,10)6(7)5(3)8/h4,6H,1-3H3. The molecule has 0 heterocycles. The van der Waals surface area contributed by atoms with Crippen molar-refractivity contribution in [3.05, 3.63) is 0 Å². The maximum absolute atomic E-state index is 11.1. The van der Waals surface area contributed by atoms with Gasteiger partial charge >= 0.3 is 0 Å². The minimum absolute atomic E-state index is 0.527. The second kappa shape index (κ2) is 3.54. The van der Waals surface area contributed by atoms with Gasteiger partial charge in [0.1, 0.15) is 0 Å². The molecule has 0 radical (unpaired) electrons. The number of hydrogen-bond acceptors (Lipinski definition) is 3. The van der Waals surface area contributed by atoms with E-state index in [0.717, 1.165) is 6.92 Å². The van der Waals surface area contributed by atoms with Crippen molar-refractivity contribution in [3.8, 4) is 0 Å². The summed E-state index contributed by atoms with van der Waals surface area (Å²) in [5.41, 5.74) is 0. The summed E-state index contributed by atoms with van der Waals surface area (Å²) in [6.45, 7) is 4.15. The molecule has 66 valence electrons. The first-order chi connectivity index (χ1) is 4.80. The van der Waals surface area contributed by atoms with Crippen LogP contribution in [0.25, 0.3) is 0 Å². The van der Waals surface area contributed by atoms with Crippen LogP contribution in [0.5, 0.6) is 0 Å².